The normalized spacial score (nSPS) is 15.5. The summed E-state index contributed by atoms with van der Waals surface area (Å²) >= 11 is 0. The van der Waals surface area contributed by atoms with Gasteiger partial charge in [-0.25, -0.2) is 9.48 Å². The van der Waals surface area contributed by atoms with E-state index in [0.29, 0.717) is 25.9 Å². The van der Waals surface area contributed by atoms with Crippen LogP contribution in [-0.4, -0.2) is 43.2 Å². The van der Waals surface area contributed by atoms with E-state index in [1.807, 2.05) is 24.3 Å². The van der Waals surface area contributed by atoms with Crippen LogP contribution in [-0.2, 0) is 7.05 Å². The van der Waals surface area contributed by atoms with Crippen LogP contribution < -0.4 is 11.2 Å². The summed E-state index contributed by atoms with van der Waals surface area (Å²) in [5.41, 5.74) is 1.61. The summed E-state index contributed by atoms with van der Waals surface area (Å²) in [6, 6.07) is 10.5. The molecule has 1 fully saturated rings. The second-order valence-corrected chi connectivity index (χ2v) is 6.52. The third-order valence-corrected chi connectivity index (χ3v) is 4.92. The summed E-state index contributed by atoms with van der Waals surface area (Å²) in [5.74, 6) is -0.190. The van der Waals surface area contributed by atoms with Crippen molar-refractivity contribution in [2.75, 3.05) is 13.1 Å². The Kier molecular flexibility index (Phi) is 3.95. The number of piperidine rings is 1. The fraction of sp³-hybridized carbons (Fsp3) is 0.333. The molecule has 1 aliphatic rings. The molecule has 4 rings (SSSR count). The van der Waals surface area contributed by atoms with Gasteiger partial charge in [0.05, 0.1) is 11.0 Å². The summed E-state index contributed by atoms with van der Waals surface area (Å²) in [4.78, 5) is 41.0. The Morgan fingerprint density at radius 1 is 1.12 bits per heavy atom. The number of hydrogen-bond acceptors (Lipinski definition) is 4. The second kappa shape index (κ2) is 6.29. The van der Waals surface area contributed by atoms with Crippen molar-refractivity contribution in [3.63, 3.8) is 0 Å². The summed E-state index contributed by atoms with van der Waals surface area (Å²) in [7, 11) is 1.52. The van der Waals surface area contributed by atoms with E-state index in [9.17, 15) is 14.4 Å². The largest absolute Gasteiger partial charge is 0.337 e. The first-order valence-corrected chi connectivity index (χ1v) is 8.57. The maximum absolute atomic E-state index is 12.6. The van der Waals surface area contributed by atoms with Gasteiger partial charge >= 0.3 is 5.69 Å². The zero-order valence-electron chi connectivity index (χ0n) is 14.4. The minimum atomic E-state index is -0.251. The number of rotatable bonds is 2. The molecule has 0 atom stereocenters. The molecule has 3 aromatic rings. The topological polar surface area (TPSA) is 93.0 Å². The Bertz CT molecular complexity index is 1090. The van der Waals surface area contributed by atoms with Crippen molar-refractivity contribution in [3.8, 4) is 0 Å². The fourth-order valence-electron chi connectivity index (χ4n) is 3.54. The van der Waals surface area contributed by atoms with Crippen molar-refractivity contribution in [2.45, 2.75) is 18.9 Å². The number of aryl methyl sites for hydroxylation is 1. The summed E-state index contributed by atoms with van der Waals surface area (Å²) in [6.45, 7) is 1.08. The number of nitrogens with zero attached hydrogens (tertiary/aromatic N) is 4. The van der Waals surface area contributed by atoms with Crippen molar-refractivity contribution in [2.24, 2.45) is 7.05 Å². The smallest absolute Gasteiger partial charge is 0.326 e. The first-order chi connectivity index (χ1) is 12.5. The number of amides is 1. The molecule has 2 aromatic heterocycles. The number of nitrogens with one attached hydrogen (secondary N) is 1. The monoisotopic (exact) mass is 353 g/mol. The van der Waals surface area contributed by atoms with Crippen LogP contribution in [0.5, 0.6) is 0 Å². The maximum Gasteiger partial charge on any atom is 0.326 e. The van der Waals surface area contributed by atoms with E-state index in [1.54, 1.807) is 9.47 Å². The van der Waals surface area contributed by atoms with Crippen LogP contribution in [0.1, 0.15) is 29.4 Å². The molecule has 134 valence electrons. The van der Waals surface area contributed by atoms with E-state index < -0.39 is 0 Å². The molecular formula is C18H19N5O3. The second-order valence-electron chi connectivity index (χ2n) is 6.52. The SMILES string of the molecule is Cn1nc(C(=O)N2CCC(n3c(=O)[nH]c4ccccc43)CC2)ccc1=O. The lowest BCUT2D eigenvalue weighted by Crippen LogP contribution is -2.41. The Morgan fingerprint density at radius 2 is 1.85 bits per heavy atom. The van der Waals surface area contributed by atoms with Crippen LogP contribution in [0.15, 0.2) is 46.0 Å². The number of H-pyrrole nitrogens is 1. The van der Waals surface area contributed by atoms with Crippen molar-refractivity contribution >= 4 is 16.9 Å². The van der Waals surface area contributed by atoms with E-state index in [1.165, 1.54) is 19.2 Å². The molecule has 0 unspecified atom stereocenters. The number of imidazole rings is 1. The molecule has 0 bridgehead atoms. The van der Waals surface area contributed by atoms with Crippen molar-refractivity contribution < 1.29 is 4.79 Å². The molecule has 3 heterocycles. The molecule has 0 saturated carbocycles. The maximum atomic E-state index is 12.6. The minimum absolute atomic E-state index is 0.0517. The first-order valence-electron chi connectivity index (χ1n) is 8.57. The van der Waals surface area contributed by atoms with Gasteiger partial charge < -0.3 is 9.88 Å². The van der Waals surface area contributed by atoms with Gasteiger partial charge in [-0.3, -0.25) is 14.2 Å². The summed E-state index contributed by atoms with van der Waals surface area (Å²) in [6.07, 6.45) is 1.39. The molecule has 0 radical (unpaired) electrons. The van der Waals surface area contributed by atoms with Gasteiger partial charge in [0.1, 0.15) is 5.69 Å². The molecule has 0 aliphatic carbocycles. The summed E-state index contributed by atoms with van der Waals surface area (Å²) in [5, 5.41) is 4.02. The summed E-state index contributed by atoms with van der Waals surface area (Å²) < 4.78 is 2.95. The number of para-hydroxylation sites is 2. The molecule has 1 N–H and O–H groups in total. The van der Waals surface area contributed by atoms with Gasteiger partial charge in [0, 0.05) is 32.2 Å². The third-order valence-electron chi connectivity index (χ3n) is 4.92. The predicted octanol–water partition coefficient (Wildman–Crippen LogP) is 0.901. The van der Waals surface area contributed by atoms with Gasteiger partial charge in [-0.05, 0) is 31.0 Å². The van der Waals surface area contributed by atoms with Gasteiger partial charge in [0.2, 0.25) is 0 Å². The van der Waals surface area contributed by atoms with Gasteiger partial charge in [-0.1, -0.05) is 12.1 Å². The molecule has 26 heavy (non-hydrogen) atoms. The third kappa shape index (κ3) is 2.73. The average molecular weight is 353 g/mol. The van der Waals surface area contributed by atoms with Crippen LogP contribution in [0.3, 0.4) is 0 Å². The lowest BCUT2D eigenvalue weighted by Gasteiger charge is -2.32. The van der Waals surface area contributed by atoms with Crippen LogP contribution in [0.25, 0.3) is 11.0 Å². The standard InChI is InChI=1S/C18H19N5O3/c1-21-16(24)7-6-14(20-21)17(25)22-10-8-12(9-11-22)23-15-5-3-2-4-13(15)19-18(23)26/h2-7,12H,8-11H2,1H3,(H,19,26). The number of benzene rings is 1. The van der Waals surface area contributed by atoms with E-state index in [0.717, 1.165) is 15.7 Å². The van der Waals surface area contributed by atoms with E-state index in [2.05, 4.69) is 10.1 Å². The molecule has 1 aromatic carbocycles. The van der Waals surface area contributed by atoms with Crippen molar-refractivity contribution in [3.05, 3.63) is 62.9 Å². The average Bonchev–Trinajstić information content (AvgIpc) is 2.99. The Labute approximate surface area is 148 Å². The predicted molar refractivity (Wildman–Crippen MR) is 96.2 cm³/mol. The fourth-order valence-corrected chi connectivity index (χ4v) is 3.54. The highest BCUT2D eigenvalue weighted by Gasteiger charge is 2.27. The zero-order chi connectivity index (χ0) is 18.3. The molecule has 1 amide bonds. The van der Waals surface area contributed by atoms with Crippen LogP contribution in [0.4, 0.5) is 0 Å². The van der Waals surface area contributed by atoms with E-state index in [-0.39, 0.29) is 28.9 Å². The van der Waals surface area contributed by atoms with Crippen LogP contribution in [0.2, 0.25) is 0 Å². The molecular weight excluding hydrogens is 334 g/mol. The number of carbonyl (C=O) groups is 1. The Morgan fingerprint density at radius 3 is 2.58 bits per heavy atom. The number of likely N-dealkylation sites (tertiary alicyclic amines) is 1. The number of carbonyl (C=O) groups excluding carboxylic acids is 1. The number of aromatic amines is 1. The first kappa shape index (κ1) is 16.3. The highest BCUT2D eigenvalue weighted by atomic mass is 16.2. The Balaban J connectivity index is 1.52. The Hall–Kier alpha value is -3.16. The lowest BCUT2D eigenvalue weighted by molar-refractivity contribution is 0.0686. The quantitative estimate of drug-likeness (QED) is 0.741. The van der Waals surface area contributed by atoms with Crippen LogP contribution >= 0.6 is 0 Å². The zero-order valence-corrected chi connectivity index (χ0v) is 14.4. The molecule has 0 spiro atoms. The van der Waals surface area contributed by atoms with Gasteiger partial charge in [0.25, 0.3) is 11.5 Å². The molecule has 8 heteroatoms. The van der Waals surface area contributed by atoms with E-state index >= 15 is 0 Å². The highest BCUT2D eigenvalue weighted by molar-refractivity contribution is 5.92. The molecule has 1 saturated heterocycles. The highest BCUT2D eigenvalue weighted by Crippen LogP contribution is 2.25. The van der Waals surface area contributed by atoms with Crippen LogP contribution in [0, 0.1) is 0 Å². The van der Waals surface area contributed by atoms with E-state index in [4.69, 9.17) is 0 Å². The van der Waals surface area contributed by atoms with Crippen molar-refractivity contribution in [1.29, 1.82) is 0 Å². The number of fused-ring (bicyclic) bond motifs is 1. The van der Waals surface area contributed by atoms with Gasteiger partial charge in [-0.2, -0.15) is 5.10 Å². The number of hydrogen-bond donors (Lipinski definition) is 1. The van der Waals surface area contributed by atoms with Gasteiger partial charge in [0.15, 0.2) is 0 Å². The molecule has 1 aliphatic heterocycles. The molecule has 8 nitrogen and oxygen atoms in total. The number of aromatic nitrogens is 4. The van der Waals surface area contributed by atoms with Crippen molar-refractivity contribution in [1.82, 2.24) is 24.2 Å². The lowest BCUT2D eigenvalue weighted by atomic mass is 10.0. The van der Waals surface area contributed by atoms with Gasteiger partial charge in [-0.15, -0.1) is 0 Å². The minimum Gasteiger partial charge on any atom is -0.337 e.